The third-order valence-electron chi connectivity index (χ3n) is 15.7. The Hall–Kier alpha value is -3.41. The van der Waals surface area contributed by atoms with Gasteiger partial charge in [0.05, 0.1) is 41.7 Å². The zero-order valence-electron chi connectivity index (χ0n) is 47.6. The van der Waals surface area contributed by atoms with E-state index in [0.29, 0.717) is 44.1 Å². The molecule has 3 fully saturated rings. The maximum Gasteiger partial charge on any atom is 0.329 e. The first-order chi connectivity index (χ1) is 34.5. The molecule has 1 unspecified atom stereocenters. The molecular weight excluding hydrogens is 899 g/mol. The lowest BCUT2D eigenvalue weighted by Gasteiger charge is -2.42. The molecule has 0 aromatic rings. The second-order valence-electron chi connectivity index (χ2n) is 21.0. The first kappa shape index (κ1) is 52.9. The highest BCUT2D eigenvalue weighted by Gasteiger charge is 2.53. The van der Waals surface area contributed by atoms with Crippen LogP contribution in [0.4, 0.5) is 0 Å². The van der Waals surface area contributed by atoms with Crippen LogP contribution >= 0.6 is 0 Å². The van der Waals surface area contributed by atoms with Gasteiger partial charge in [-0.25, -0.2) is 4.79 Å². The number of methoxy groups -OCH3 is 3. The van der Waals surface area contributed by atoms with Gasteiger partial charge >= 0.3 is 5.97 Å². The average molecular weight is 990 g/mol. The number of carbonyl (C=O) groups is 5. The molecule has 0 aromatic heterocycles. The summed E-state index contributed by atoms with van der Waals surface area (Å²) in [5.74, 6) is -11.1. The van der Waals surface area contributed by atoms with Crippen molar-refractivity contribution in [2.75, 3.05) is 41.0 Å². The molecule has 1 saturated carbocycles. The first-order valence-electron chi connectivity index (χ1n) is 27.4. The number of ether oxygens (including phenoxy) is 6. The first-order valence-corrected chi connectivity index (χ1v) is 25.4. The number of hydrogen-bond donors (Lipinski definition) is 3. The van der Waals surface area contributed by atoms with Crippen molar-refractivity contribution in [3.8, 4) is 0 Å². The zero-order chi connectivity index (χ0) is 55.5. The Labute approximate surface area is 423 Å². The minimum absolute atomic E-state index is 0.00425. The predicted molar refractivity (Wildman–Crippen MR) is 265 cm³/mol. The fourth-order valence-electron chi connectivity index (χ4n) is 10.5. The minimum atomic E-state index is -2.84. The molecule has 0 aromatic carbocycles. The van der Waals surface area contributed by atoms with E-state index in [1.54, 1.807) is 85.1 Å². The Morgan fingerprint density at radius 1 is 0.914 bits per heavy atom. The van der Waals surface area contributed by atoms with Crippen molar-refractivity contribution in [2.45, 2.75) is 187 Å². The summed E-state index contributed by atoms with van der Waals surface area (Å²) in [4.78, 5) is 72.9. The molecule has 2 bridgehead atoms. The van der Waals surface area contributed by atoms with Crippen molar-refractivity contribution in [2.24, 2.45) is 40.9 Å². The van der Waals surface area contributed by atoms with Crippen LogP contribution in [0.1, 0.15) is 138 Å². The van der Waals surface area contributed by atoms with E-state index >= 15 is 0 Å². The van der Waals surface area contributed by atoms with E-state index in [1.807, 2.05) is 20.8 Å². The van der Waals surface area contributed by atoms with Crippen LogP contribution in [0.2, 0.25) is 0 Å². The average Bonchev–Trinajstić information content (AvgIpc) is 3.34. The molecule has 70 heavy (non-hydrogen) atoms. The third-order valence-corrected chi connectivity index (χ3v) is 15.7. The summed E-state index contributed by atoms with van der Waals surface area (Å²) in [5, 5.41) is 33.1. The molecule has 1 aliphatic carbocycles. The van der Waals surface area contributed by atoms with Crippen LogP contribution in [-0.2, 0) is 52.4 Å². The lowest BCUT2D eigenvalue weighted by atomic mass is 9.71. The Bertz CT molecular complexity index is 2050. The van der Waals surface area contributed by atoms with Gasteiger partial charge in [0.1, 0.15) is 30.1 Å². The van der Waals surface area contributed by atoms with Crippen LogP contribution in [0.25, 0.3) is 0 Å². The number of hydrogen-bond acceptors (Lipinski definition) is 14. The number of carbonyl (C=O) groups excluding carboxylic acids is 5. The van der Waals surface area contributed by atoms with Gasteiger partial charge in [0.25, 0.3) is 11.7 Å². The van der Waals surface area contributed by atoms with Gasteiger partial charge in [-0.3, -0.25) is 19.2 Å². The Morgan fingerprint density at radius 3 is 2.31 bits per heavy atom. The molecule has 0 spiro atoms. The number of esters is 1. The lowest BCUT2D eigenvalue weighted by molar-refractivity contribution is -0.265. The number of cyclic esters (lactones) is 1. The van der Waals surface area contributed by atoms with E-state index in [4.69, 9.17) is 32.5 Å². The number of fused-ring (bicyclic) bond motifs is 3. The van der Waals surface area contributed by atoms with Crippen LogP contribution in [0.5, 0.6) is 0 Å². The number of amides is 1. The maximum absolute atomic E-state index is 14.5. The molecule has 2 saturated heterocycles. The Morgan fingerprint density at radius 2 is 1.64 bits per heavy atom. The summed E-state index contributed by atoms with van der Waals surface area (Å²) < 4.78 is 68.5. The molecule has 3 N–H and O–H groups in total. The van der Waals surface area contributed by atoms with E-state index < -0.39 is 108 Å². The van der Waals surface area contributed by atoms with Crippen LogP contribution < -0.4 is 0 Å². The molecule has 15 heteroatoms. The largest absolute Gasteiger partial charge is 0.460 e. The molecule has 0 radical (unpaired) electrons. The number of rotatable bonds is 9. The van der Waals surface area contributed by atoms with Crippen molar-refractivity contribution < 1.29 is 73.2 Å². The third kappa shape index (κ3) is 15.1. The standard InChI is InChI=1S/C55H87NO14/c1-33-18-14-13-16-24-54(8,9)39(7)38(6)49(60)50(67-12)48(59)36(4)28-34(2)43(58)32-46(35(3)29-40-21-23-44(68-27-26-57)47(30-40)66-11)69-53(63)42-19-15-17-25-56(42)52(62)51(61)55(64)37(5)20-22-41(70-55)31-45(33)65-10/h13-14,16,18,24,28,34-35,37-42,44-48,50,57,59,64H,15,17,19-23,25-27,29-32H2,1-12H3/b14-13+,24-16+,33-18+,36-28+/t34-,35-,37-,38-,39?,40+,41+,42+,44-,45+,46+,47-,48-,50-,55-/m1/s1/i10D3,39D. The van der Waals surface area contributed by atoms with Crippen LogP contribution in [0, 0.1) is 40.9 Å². The monoisotopic (exact) mass is 990 g/mol. The molecule has 4 aliphatic rings. The summed E-state index contributed by atoms with van der Waals surface area (Å²) >= 11 is 0. The molecule has 396 valence electrons. The van der Waals surface area contributed by atoms with E-state index in [9.17, 15) is 40.7 Å². The van der Waals surface area contributed by atoms with Crippen molar-refractivity contribution in [1.29, 1.82) is 0 Å². The molecule has 4 rings (SSSR count). The summed E-state index contributed by atoms with van der Waals surface area (Å²) in [6, 6.07) is -1.24. The van der Waals surface area contributed by atoms with Crippen molar-refractivity contribution in [1.82, 2.24) is 4.90 Å². The second kappa shape index (κ2) is 27.0. The minimum Gasteiger partial charge on any atom is -0.460 e. The number of piperidine rings is 1. The van der Waals surface area contributed by atoms with E-state index in [1.165, 1.54) is 7.11 Å². The fraction of sp³-hybridized carbons (Fsp3) is 0.764. The van der Waals surface area contributed by atoms with Gasteiger partial charge in [-0.15, -0.1) is 0 Å². The highest BCUT2D eigenvalue weighted by Crippen LogP contribution is 2.39. The highest BCUT2D eigenvalue weighted by molar-refractivity contribution is 6.39. The number of Topliss-reactive ketones (excluding diaryl/α,β-unsaturated/α-hetero) is 3. The van der Waals surface area contributed by atoms with Crippen molar-refractivity contribution >= 4 is 29.2 Å². The Balaban J connectivity index is 1.78. The van der Waals surface area contributed by atoms with Gasteiger partial charge in [0.15, 0.2) is 5.78 Å². The zero-order valence-corrected chi connectivity index (χ0v) is 43.6. The van der Waals surface area contributed by atoms with Gasteiger partial charge in [0.2, 0.25) is 5.79 Å². The molecule has 3 aliphatic heterocycles. The molecule has 15 nitrogen and oxygen atoms in total. The Kier molecular flexibility index (Phi) is 20.4. The van der Waals surface area contributed by atoms with Crippen LogP contribution in [-0.4, -0.2) is 145 Å². The van der Waals surface area contributed by atoms with Gasteiger partial charge in [0, 0.05) is 59.8 Å². The van der Waals surface area contributed by atoms with Gasteiger partial charge in [-0.2, -0.15) is 0 Å². The van der Waals surface area contributed by atoms with Gasteiger partial charge in [-0.1, -0.05) is 84.9 Å². The topological polar surface area (TPSA) is 205 Å². The molecule has 1 amide bonds. The maximum atomic E-state index is 14.5. The highest BCUT2D eigenvalue weighted by atomic mass is 16.6. The second-order valence-corrected chi connectivity index (χ2v) is 21.0. The number of aliphatic hydroxyl groups excluding tert-OH is 2. The predicted octanol–water partition coefficient (Wildman–Crippen LogP) is 6.83. The van der Waals surface area contributed by atoms with Crippen LogP contribution in [0.3, 0.4) is 0 Å². The SMILES string of the molecule is [2H]C([2H])([2H])O[C@H]1C[C@@H]2CC[C@@H](C)[C@@](O)(O2)C(=O)C(=O)N2CCCC[C@H]2C(=O)O[C@H]([C@H](C)C[C@@H]2CC[C@@H](OCCO)[C@H](OC)C2)CC(=O)[C@H](C)/C=C(\C)[C@@H](O)[C@@H](OC)C(=O)[C@H](C)C([2H])(C)C(C)(C)/C=C/C=C/C=C/1C. The van der Waals surface area contributed by atoms with Gasteiger partial charge < -0.3 is 48.6 Å². The van der Waals surface area contributed by atoms with Crippen molar-refractivity contribution in [3.63, 3.8) is 0 Å². The summed E-state index contributed by atoms with van der Waals surface area (Å²) in [6.45, 7) is 15.3. The summed E-state index contributed by atoms with van der Waals surface area (Å²) in [7, 11) is 0.0669. The van der Waals surface area contributed by atoms with E-state index in [2.05, 4.69) is 0 Å². The number of allylic oxidation sites excluding steroid dienone is 6. The molecular formula is C55H87NO14. The normalized spacial score (nSPS) is 41.2. The summed E-state index contributed by atoms with van der Waals surface area (Å²) in [6.07, 6.45) is 7.59. The van der Waals surface area contributed by atoms with E-state index in [0.717, 1.165) is 11.3 Å². The van der Waals surface area contributed by atoms with E-state index in [-0.39, 0.29) is 74.9 Å². The quantitative estimate of drug-likeness (QED) is 0.123. The lowest BCUT2D eigenvalue weighted by Crippen LogP contribution is -2.61. The number of nitrogens with zero attached hydrogens (tertiary/aromatic N) is 1. The molecule has 15 atom stereocenters. The fourth-order valence-corrected chi connectivity index (χ4v) is 10.5. The molecule has 3 heterocycles. The van der Waals surface area contributed by atoms with Crippen molar-refractivity contribution in [3.05, 3.63) is 47.6 Å². The van der Waals surface area contributed by atoms with Crippen LogP contribution in [0.15, 0.2) is 47.6 Å². The number of aliphatic hydroxyl groups is 3. The smallest absolute Gasteiger partial charge is 0.329 e. The summed E-state index contributed by atoms with van der Waals surface area (Å²) in [5.41, 5.74) is -0.162. The number of ketones is 3. The van der Waals surface area contributed by atoms with Gasteiger partial charge in [-0.05, 0) is 106 Å².